The van der Waals surface area contributed by atoms with Gasteiger partial charge in [-0.2, -0.15) is 0 Å². The Kier molecular flexibility index (Phi) is 9.57. The predicted molar refractivity (Wildman–Crippen MR) is 175 cm³/mol. The predicted octanol–water partition coefficient (Wildman–Crippen LogP) is 8.30. The second-order valence-electron chi connectivity index (χ2n) is 11.5. The number of nitrogens with one attached hydrogen (secondary N) is 2. The van der Waals surface area contributed by atoms with Gasteiger partial charge in [0.15, 0.2) is 11.6 Å². The van der Waals surface area contributed by atoms with Crippen LogP contribution in [-0.4, -0.2) is 46.7 Å². The molecule has 0 radical (unpaired) electrons. The second-order valence-corrected chi connectivity index (χ2v) is 12.0. The molecule has 236 valence electrons. The largest absolute Gasteiger partial charge is 0.494 e. The molecule has 1 fully saturated rings. The van der Waals surface area contributed by atoms with Crippen LogP contribution < -0.4 is 20.1 Å². The number of ether oxygens (including phenoxy) is 2. The molecule has 0 aliphatic carbocycles. The van der Waals surface area contributed by atoms with Crippen molar-refractivity contribution in [2.75, 3.05) is 31.3 Å². The number of likely N-dealkylation sites (tertiary alicyclic amines) is 1. The summed E-state index contributed by atoms with van der Waals surface area (Å²) < 4.78 is 39.0. The molecule has 0 amide bonds. The van der Waals surface area contributed by atoms with Gasteiger partial charge < -0.3 is 30.1 Å². The summed E-state index contributed by atoms with van der Waals surface area (Å²) in [4.78, 5) is 11.3. The van der Waals surface area contributed by atoms with E-state index in [0.717, 1.165) is 25.1 Å². The van der Waals surface area contributed by atoms with E-state index in [0.29, 0.717) is 51.1 Å². The number of methoxy groups -OCH3 is 1. The maximum absolute atomic E-state index is 14.3. The fourth-order valence-electron chi connectivity index (χ4n) is 5.35. The van der Waals surface area contributed by atoms with E-state index in [-0.39, 0.29) is 16.5 Å². The van der Waals surface area contributed by atoms with Crippen LogP contribution in [0.5, 0.6) is 17.2 Å². The van der Waals surface area contributed by atoms with Gasteiger partial charge >= 0.3 is 0 Å². The number of hydrogen-bond donors (Lipinski definition) is 3. The molecule has 0 unspecified atom stereocenters. The van der Waals surface area contributed by atoms with Crippen LogP contribution >= 0.6 is 11.6 Å². The first kappa shape index (κ1) is 32.2. The fourth-order valence-corrected chi connectivity index (χ4v) is 5.56. The average Bonchev–Trinajstić information content (AvgIpc) is 3.39. The van der Waals surface area contributed by atoms with Crippen LogP contribution in [0.2, 0.25) is 5.02 Å². The molecule has 5 rings (SSSR count). The van der Waals surface area contributed by atoms with Crippen LogP contribution in [0.4, 0.5) is 26.0 Å². The number of halogens is 3. The van der Waals surface area contributed by atoms with Crippen molar-refractivity contribution in [2.45, 2.75) is 44.8 Å². The first-order valence-electron chi connectivity index (χ1n) is 14.5. The van der Waals surface area contributed by atoms with Crippen molar-refractivity contribution in [2.24, 2.45) is 0 Å². The van der Waals surface area contributed by atoms with Crippen molar-refractivity contribution >= 4 is 39.7 Å². The monoisotopic (exact) mass is 635 g/mol. The number of hydrogen-bond acceptors (Lipinski definition) is 8. The van der Waals surface area contributed by atoms with Crippen molar-refractivity contribution in [1.29, 1.82) is 0 Å². The molecule has 2 heterocycles. The lowest BCUT2D eigenvalue weighted by atomic mass is 9.96. The number of fused-ring (bicyclic) bond motifs is 1. The van der Waals surface area contributed by atoms with Gasteiger partial charge in [0.2, 0.25) is 0 Å². The van der Waals surface area contributed by atoms with Gasteiger partial charge in [-0.1, -0.05) is 24.3 Å². The van der Waals surface area contributed by atoms with Gasteiger partial charge in [0.1, 0.15) is 29.5 Å². The van der Waals surface area contributed by atoms with Crippen molar-refractivity contribution in [3.63, 3.8) is 0 Å². The van der Waals surface area contributed by atoms with Crippen molar-refractivity contribution in [3.05, 3.63) is 95.4 Å². The number of benzene rings is 3. The number of aromatic nitrogens is 2. The zero-order chi connectivity index (χ0) is 32.3. The summed E-state index contributed by atoms with van der Waals surface area (Å²) in [5, 5.41) is 18.5. The third kappa shape index (κ3) is 7.53. The summed E-state index contributed by atoms with van der Waals surface area (Å²) in [5.41, 5.74) is 1.44. The minimum Gasteiger partial charge on any atom is -0.494 e. The molecule has 4 aromatic rings. The average molecular weight is 636 g/mol. The minimum absolute atomic E-state index is 0.0831. The molecule has 1 aliphatic rings. The van der Waals surface area contributed by atoms with E-state index in [9.17, 15) is 13.9 Å². The Labute approximate surface area is 266 Å². The van der Waals surface area contributed by atoms with Gasteiger partial charge in [-0.05, 0) is 83.1 Å². The molecular formula is C34H36ClF2N5O3. The summed E-state index contributed by atoms with van der Waals surface area (Å²) in [6.07, 6.45) is 8.87. The van der Waals surface area contributed by atoms with Crippen molar-refractivity contribution < 1.29 is 23.4 Å². The van der Waals surface area contributed by atoms with Crippen LogP contribution in [0.25, 0.3) is 10.9 Å². The summed E-state index contributed by atoms with van der Waals surface area (Å²) in [7, 11) is 3.74. The number of nitrogens with zero attached hydrogens (tertiary/aromatic N) is 3. The third-order valence-corrected chi connectivity index (χ3v) is 8.04. The summed E-state index contributed by atoms with van der Waals surface area (Å²) in [6.45, 7) is 8.48. The molecule has 1 atom stereocenters. The number of aliphatic hydroxyl groups is 1. The molecule has 0 saturated carbocycles. The van der Waals surface area contributed by atoms with E-state index in [2.05, 4.69) is 45.2 Å². The first-order valence-corrected chi connectivity index (χ1v) is 14.9. The highest BCUT2D eigenvalue weighted by molar-refractivity contribution is 6.32. The Bertz CT molecular complexity index is 1760. The smallest absolute Gasteiger partial charge is 0.168 e. The molecule has 45 heavy (non-hydrogen) atoms. The second kappa shape index (κ2) is 13.4. The highest BCUT2D eigenvalue weighted by atomic mass is 35.5. The van der Waals surface area contributed by atoms with E-state index in [1.54, 1.807) is 33.1 Å². The van der Waals surface area contributed by atoms with Crippen molar-refractivity contribution in [1.82, 2.24) is 14.9 Å². The lowest BCUT2D eigenvalue weighted by Gasteiger charge is -2.24. The molecule has 1 saturated heterocycles. The molecule has 0 spiro atoms. The van der Waals surface area contributed by atoms with Crippen LogP contribution in [0, 0.1) is 11.6 Å². The SMILES string of the molecule is C=C(/C=C/C[C@@H]1CCCN1C)Nc1cc2c(Nc3cc(Cl)c(Oc4ccc(F)cc4F)cc3C(C)(C)O)ncnc2cc1OC. The highest BCUT2D eigenvalue weighted by Gasteiger charge is 2.25. The maximum Gasteiger partial charge on any atom is 0.168 e. The fraction of sp³-hybridized carbons (Fsp3) is 0.294. The Hall–Kier alpha value is -4.25. The number of anilines is 3. The van der Waals surface area contributed by atoms with Gasteiger partial charge in [-0.3, -0.25) is 0 Å². The zero-order valence-corrected chi connectivity index (χ0v) is 26.4. The molecule has 3 N–H and O–H groups in total. The lowest BCUT2D eigenvalue weighted by Crippen LogP contribution is -2.23. The highest BCUT2D eigenvalue weighted by Crippen LogP contribution is 2.41. The van der Waals surface area contributed by atoms with E-state index >= 15 is 0 Å². The quantitative estimate of drug-likeness (QED) is 0.142. The third-order valence-electron chi connectivity index (χ3n) is 7.75. The molecular weight excluding hydrogens is 600 g/mol. The Morgan fingerprint density at radius 2 is 1.93 bits per heavy atom. The molecule has 0 bridgehead atoms. The van der Waals surface area contributed by atoms with Gasteiger partial charge in [-0.15, -0.1) is 0 Å². The van der Waals surface area contributed by atoms with Crippen LogP contribution in [0.3, 0.4) is 0 Å². The molecule has 1 aromatic heterocycles. The molecule has 1 aliphatic heterocycles. The van der Waals surface area contributed by atoms with E-state index in [1.807, 2.05) is 12.1 Å². The van der Waals surface area contributed by atoms with Crippen molar-refractivity contribution in [3.8, 4) is 17.2 Å². The van der Waals surface area contributed by atoms with Gasteiger partial charge in [0.25, 0.3) is 0 Å². The number of allylic oxidation sites excluding steroid dienone is 1. The number of rotatable bonds is 11. The van der Waals surface area contributed by atoms with E-state index in [1.165, 1.54) is 31.3 Å². The molecule has 3 aromatic carbocycles. The zero-order valence-electron chi connectivity index (χ0n) is 25.6. The Balaban J connectivity index is 1.45. The van der Waals surface area contributed by atoms with Gasteiger partial charge in [0, 0.05) is 40.5 Å². The van der Waals surface area contributed by atoms with E-state index < -0.39 is 17.2 Å². The normalized spacial score (nSPS) is 15.5. The van der Waals surface area contributed by atoms with Gasteiger partial charge in [0.05, 0.1) is 28.9 Å². The standard InChI is InChI=1S/C34H36ClF2N5O3/c1-20(8-6-9-22-10-7-13-42(22)4)40-29-15-23-27(18-32(29)44-5)38-19-39-33(23)41-28-17-25(35)31(16-24(28)34(2,3)43)45-30-12-11-21(36)14-26(30)37/h6,8,11-12,14-19,22,40,43H,1,7,9-10,13H2,2-5H3,(H,38,39,41)/b8-6+/t22-/m1/s1. The summed E-state index contributed by atoms with van der Waals surface area (Å²) in [6, 6.07) is 10.2. The topological polar surface area (TPSA) is 91.8 Å². The van der Waals surface area contributed by atoms with Crippen LogP contribution in [0.15, 0.2) is 73.2 Å². The van der Waals surface area contributed by atoms with Crippen LogP contribution in [-0.2, 0) is 5.60 Å². The Morgan fingerprint density at radius 3 is 2.62 bits per heavy atom. The summed E-state index contributed by atoms with van der Waals surface area (Å²) in [5.74, 6) is -0.727. The van der Waals surface area contributed by atoms with Gasteiger partial charge in [-0.25, -0.2) is 18.7 Å². The summed E-state index contributed by atoms with van der Waals surface area (Å²) >= 11 is 6.56. The Morgan fingerprint density at radius 1 is 1.13 bits per heavy atom. The minimum atomic E-state index is -1.37. The first-order chi connectivity index (χ1) is 21.4. The molecule has 11 heteroatoms. The van der Waals surface area contributed by atoms with Crippen LogP contribution in [0.1, 0.15) is 38.7 Å². The molecule has 8 nitrogen and oxygen atoms in total. The maximum atomic E-state index is 14.3. The lowest BCUT2D eigenvalue weighted by molar-refractivity contribution is 0.0791. The van der Waals surface area contributed by atoms with E-state index in [4.69, 9.17) is 21.1 Å².